The minimum absolute atomic E-state index is 0.776. The van der Waals surface area contributed by atoms with Gasteiger partial charge in [-0.3, -0.25) is 10.4 Å². The highest BCUT2D eigenvalue weighted by molar-refractivity contribution is 7.14. The fourth-order valence-electron chi connectivity index (χ4n) is 1.94. The standard InChI is InChI=1S/C17H16N4S/c1-12-8-9-15(10-18-12)13(2)20-21-17-19-16(11-22-17)14-6-4-3-5-7-14/h3-11H,1-2H3,(H,19,21). The van der Waals surface area contributed by atoms with E-state index in [1.165, 1.54) is 11.3 Å². The van der Waals surface area contributed by atoms with Crippen LogP contribution in [0.1, 0.15) is 18.2 Å². The summed E-state index contributed by atoms with van der Waals surface area (Å²) in [5.74, 6) is 0. The van der Waals surface area contributed by atoms with Crippen LogP contribution >= 0.6 is 11.3 Å². The van der Waals surface area contributed by atoms with Crippen molar-refractivity contribution in [3.05, 3.63) is 65.3 Å². The van der Waals surface area contributed by atoms with Crippen molar-refractivity contribution in [3.63, 3.8) is 0 Å². The maximum absolute atomic E-state index is 4.54. The van der Waals surface area contributed by atoms with E-state index >= 15 is 0 Å². The molecule has 2 aromatic heterocycles. The average Bonchev–Trinajstić information content (AvgIpc) is 3.03. The van der Waals surface area contributed by atoms with Crippen LogP contribution in [0.5, 0.6) is 0 Å². The molecule has 0 bridgehead atoms. The highest BCUT2D eigenvalue weighted by Gasteiger charge is 2.04. The van der Waals surface area contributed by atoms with E-state index < -0.39 is 0 Å². The van der Waals surface area contributed by atoms with Gasteiger partial charge in [0.1, 0.15) is 0 Å². The second-order valence-electron chi connectivity index (χ2n) is 4.90. The third-order valence-electron chi connectivity index (χ3n) is 3.22. The molecule has 0 aliphatic rings. The molecule has 0 saturated heterocycles. The first-order valence-electron chi connectivity index (χ1n) is 6.96. The third-order valence-corrected chi connectivity index (χ3v) is 3.97. The van der Waals surface area contributed by atoms with Gasteiger partial charge in [0.15, 0.2) is 0 Å². The molecule has 0 saturated carbocycles. The molecule has 0 aliphatic heterocycles. The third kappa shape index (κ3) is 3.38. The lowest BCUT2D eigenvalue weighted by molar-refractivity contribution is 1.19. The first kappa shape index (κ1) is 14.4. The highest BCUT2D eigenvalue weighted by Crippen LogP contribution is 2.24. The molecule has 0 amide bonds. The van der Waals surface area contributed by atoms with E-state index in [2.05, 4.69) is 20.5 Å². The maximum Gasteiger partial charge on any atom is 0.203 e. The molecule has 0 unspecified atom stereocenters. The predicted molar refractivity (Wildman–Crippen MR) is 92.4 cm³/mol. The summed E-state index contributed by atoms with van der Waals surface area (Å²) < 4.78 is 0. The predicted octanol–water partition coefficient (Wildman–Crippen LogP) is 4.35. The van der Waals surface area contributed by atoms with Gasteiger partial charge in [-0.05, 0) is 26.0 Å². The van der Waals surface area contributed by atoms with Crippen molar-refractivity contribution in [1.29, 1.82) is 0 Å². The monoisotopic (exact) mass is 308 g/mol. The number of hydrogen-bond donors (Lipinski definition) is 1. The lowest BCUT2D eigenvalue weighted by Crippen LogP contribution is -2.00. The van der Waals surface area contributed by atoms with Crippen LogP contribution in [0.4, 0.5) is 5.13 Å². The van der Waals surface area contributed by atoms with Crippen LogP contribution in [-0.2, 0) is 0 Å². The van der Waals surface area contributed by atoms with Gasteiger partial charge in [-0.2, -0.15) is 5.10 Å². The number of hydrazone groups is 1. The van der Waals surface area contributed by atoms with Crippen LogP contribution in [0.25, 0.3) is 11.3 Å². The van der Waals surface area contributed by atoms with Crippen LogP contribution in [-0.4, -0.2) is 15.7 Å². The van der Waals surface area contributed by atoms with Gasteiger partial charge in [-0.25, -0.2) is 4.98 Å². The molecule has 0 aliphatic carbocycles. The fourth-order valence-corrected chi connectivity index (χ4v) is 2.61. The molecule has 5 heteroatoms. The number of thiazole rings is 1. The van der Waals surface area contributed by atoms with Gasteiger partial charge >= 0.3 is 0 Å². The van der Waals surface area contributed by atoms with Gasteiger partial charge in [0, 0.05) is 28.4 Å². The first-order chi connectivity index (χ1) is 10.7. The summed E-state index contributed by atoms with van der Waals surface area (Å²) in [5, 5.41) is 7.18. The van der Waals surface area contributed by atoms with Gasteiger partial charge in [-0.1, -0.05) is 30.3 Å². The minimum Gasteiger partial charge on any atom is -0.261 e. The Balaban J connectivity index is 1.73. The van der Waals surface area contributed by atoms with E-state index in [1.807, 2.05) is 67.9 Å². The Bertz CT molecular complexity index is 776. The van der Waals surface area contributed by atoms with E-state index in [0.717, 1.165) is 33.4 Å². The smallest absolute Gasteiger partial charge is 0.203 e. The molecule has 22 heavy (non-hydrogen) atoms. The number of hydrogen-bond acceptors (Lipinski definition) is 5. The van der Waals surface area contributed by atoms with Crippen molar-refractivity contribution < 1.29 is 0 Å². The zero-order chi connectivity index (χ0) is 15.4. The molecule has 0 atom stereocenters. The van der Waals surface area contributed by atoms with E-state index in [4.69, 9.17) is 0 Å². The van der Waals surface area contributed by atoms with Gasteiger partial charge in [-0.15, -0.1) is 11.3 Å². The summed E-state index contributed by atoms with van der Waals surface area (Å²) in [6, 6.07) is 14.1. The normalized spacial score (nSPS) is 11.5. The highest BCUT2D eigenvalue weighted by atomic mass is 32.1. The lowest BCUT2D eigenvalue weighted by Gasteiger charge is -2.01. The van der Waals surface area contributed by atoms with Crippen molar-refractivity contribution in [3.8, 4) is 11.3 Å². The molecule has 0 radical (unpaired) electrons. The van der Waals surface area contributed by atoms with Gasteiger partial charge < -0.3 is 0 Å². The van der Waals surface area contributed by atoms with Crippen LogP contribution in [0.15, 0.2) is 59.1 Å². The summed E-state index contributed by atoms with van der Waals surface area (Å²) in [5.41, 5.74) is 7.95. The van der Waals surface area contributed by atoms with E-state index in [1.54, 1.807) is 0 Å². The molecule has 1 N–H and O–H groups in total. The number of pyridine rings is 1. The molecule has 110 valence electrons. The van der Waals surface area contributed by atoms with E-state index in [9.17, 15) is 0 Å². The van der Waals surface area contributed by atoms with Gasteiger partial charge in [0.25, 0.3) is 0 Å². The van der Waals surface area contributed by atoms with Crippen molar-refractivity contribution in [2.75, 3.05) is 5.43 Å². The average molecular weight is 308 g/mol. The number of aromatic nitrogens is 2. The fraction of sp³-hybridized carbons (Fsp3) is 0.118. The SMILES string of the molecule is CC(=NNc1nc(-c2ccccc2)cs1)c1ccc(C)nc1. The topological polar surface area (TPSA) is 50.2 Å². The second kappa shape index (κ2) is 6.49. The maximum atomic E-state index is 4.54. The van der Waals surface area contributed by atoms with E-state index in [0.29, 0.717) is 0 Å². The molecule has 0 fully saturated rings. The van der Waals surface area contributed by atoms with E-state index in [-0.39, 0.29) is 0 Å². The summed E-state index contributed by atoms with van der Waals surface area (Å²) in [7, 11) is 0. The second-order valence-corrected chi connectivity index (χ2v) is 5.76. The lowest BCUT2D eigenvalue weighted by atomic mass is 10.2. The first-order valence-corrected chi connectivity index (χ1v) is 7.84. The van der Waals surface area contributed by atoms with Crippen molar-refractivity contribution in [1.82, 2.24) is 9.97 Å². The zero-order valence-corrected chi connectivity index (χ0v) is 13.3. The molecule has 0 spiro atoms. The van der Waals surface area contributed by atoms with Crippen LogP contribution in [0, 0.1) is 6.92 Å². The Morgan fingerprint density at radius 1 is 1.14 bits per heavy atom. The molecule has 4 nitrogen and oxygen atoms in total. The van der Waals surface area contributed by atoms with Gasteiger partial charge in [0.05, 0.1) is 11.4 Å². The Labute approximate surface area is 133 Å². The number of benzene rings is 1. The molecule has 3 aromatic rings. The number of nitrogens with zero attached hydrogens (tertiary/aromatic N) is 3. The summed E-state index contributed by atoms with van der Waals surface area (Å²) in [4.78, 5) is 8.82. The Morgan fingerprint density at radius 2 is 1.95 bits per heavy atom. The van der Waals surface area contributed by atoms with Crippen LogP contribution < -0.4 is 5.43 Å². The van der Waals surface area contributed by atoms with Crippen molar-refractivity contribution in [2.24, 2.45) is 5.10 Å². The Hall–Kier alpha value is -2.53. The molecular weight excluding hydrogens is 292 g/mol. The Kier molecular flexibility index (Phi) is 4.25. The molecular formula is C17H16N4S. The van der Waals surface area contributed by atoms with Crippen LogP contribution in [0.2, 0.25) is 0 Å². The number of anilines is 1. The quantitative estimate of drug-likeness (QED) is 0.576. The molecule has 1 aromatic carbocycles. The minimum atomic E-state index is 0.776. The Morgan fingerprint density at radius 3 is 2.68 bits per heavy atom. The summed E-state index contributed by atoms with van der Waals surface area (Å²) in [6.07, 6.45) is 1.83. The summed E-state index contributed by atoms with van der Waals surface area (Å²) >= 11 is 1.54. The largest absolute Gasteiger partial charge is 0.261 e. The number of nitrogens with one attached hydrogen (secondary N) is 1. The van der Waals surface area contributed by atoms with Crippen LogP contribution in [0.3, 0.4) is 0 Å². The number of aryl methyl sites for hydroxylation is 1. The van der Waals surface area contributed by atoms with Crippen molar-refractivity contribution in [2.45, 2.75) is 13.8 Å². The molecule has 3 rings (SSSR count). The zero-order valence-electron chi connectivity index (χ0n) is 12.4. The summed E-state index contributed by atoms with van der Waals surface area (Å²) in [6.45, 7) is 3.92. The van der Waals surface area contributed by atoms with Crippen molar-refractivity contribution >= 4 is 22.2 Å². The van der Waals surface area contributed by atoms with Gasteiger partial charge in [0.2, 0.25) is 5.13 Å². The molecule has 2 heterocycles. The number of rotatable bonds is 4.